The number of carbonyl (C=O) groups is 3. The molecule has 2 aliphatic heterocycles. The molecule has 0 saturated carbocycles. The van der Waals surface area contributed by atoms with Gasteiger partial charge in [-0.2, -0.15) is 0 Å². The van der Waals surface area contributed by atoms with Crippen molar-refractivity contribution in [3.63, 3.8) is 0 Å². The highest BCUT2D eigenvalue weighted by Gasteiger charge is 2.39. The largest absolute Gasteiger partial charge is 0.343 e. The molecule has 2 fully saturated rings. The van der Waals surface area contributed by atoms with Gasteiger partial charge in [-0.15, -0.1) is 10.2 Å². The van der Waals surface area contributed by atoms with Crippen molar-refractivity contribution in [2.24, 2.45) is 7.05 Å². The van der Waals surface area contributed by atoms with E-state index in [-0.39, 0.29) is 18.2 Å². The summed E-state index contributed by atoms with van der Waals surface area (Å²) in [5.41, 5.74) is 0. The van der Waals surface area contributed by atoms with Gasteiger partial charge in [0, 0.05) is 32.6 Å². The molecule has 3 rings (SSSR count). The summed E-state index contributed by atoms with van der Waals surface area (Å²) in [5, 5.41) is 10.7. The zero-order valence-electron chi connectivity index (χ0n) is 14.6. The summed E-state index contributed by atoms with van der Waals surface area (Å²) in [6.07, 6.45) is 4.06. The van der Waals surface area contributed by atoms with E-state index in [1.165, 1.54) is 4.90 Å². The minimum absolute atomic E-state index is 0.0272. The summed E-state index contributed by atoms with van der Waals surface area (Å²) in [5.74, 6) is 0.854. The van der Waals surface area contributed by atoms with E-state index in [2.05, 4.69) is 15.5 Å². The molecule has 136 valence electrons. The van der Waals surface area contributed by atoms with Crippen molar-refractivity contribution < 1.29 is 14.4 Å². The van der Waals surface area contributed by atoms with Crippen LogP contribution in [0.1, 0.15) is 44.3 Å². The van der Waals surface area contributed by atoms with E-state index < -0.39 is 12.1 Å². The number of piperidine rings is 1. The molecule has 9 heteroatoms. The van der Waals surface area contributed by atoms with Crippen LogP contribution in [-0.2, 0) is 16.6 Å². The molecule has 0 aromatic carbocycles. The highest BCUT2D eigenvalue weighted by Crippen LogP contribution is 2.26. The fourth-order valence-electron chi connectivity index (χ4n) is 3.50. The zero-order chi connectivity index (χ0) is 18.0. The van der Waals surface area contributed by atoms with Gasteiger partial charge in [0.05, 0.1) is 6.42 Å². The highest BCUT2D eigenvalue weighted by atomic mass is 16.2. The second-order valence-electron chi connectivity index (χ2n) is 6.65. The Morgan fingerprint density at radius 2 is 2.04 bits per heavy atom. The number of likely N-dealkylation sites (tertiary alicyclic amines) is 1. The number of hydrogen-bond donors (Lipinski definition) is 1. The van der Waals surface area contributed by atoms with Gasteiger partial charge in [-0.1, -0.05) is 6.92 Å². The lowest BCUT2D eigenvalue weighted by molar-refractivity contribution is -0.136. The number of urea groups is 1. The Morgan fingerprint density at radius 3 is 2.64 bits per heavy atom. The number of aryl methyl sites for hydroxylation is 1. The van der Waals surface area contributed by atoms with Gasteiger partial charge in [-0.3, -0.25) is 14.5 Å². The molecule has 4 amide bonds. The van der Waals surface area contributed by atoms with Crippen LogP contribution in [0.3, 0.4) is 0 Å². The van der Waals surface area contributed by atoms with E-state index in [1.54, 1.807) is 11.2 Å². The van der Waals surface area contributed by atoms with E-state index in [4.69, 9.17) is 0 Å². The molecule has 0 radical (unpaired) electrons. The summed E-state index contributed by atoms with van der Waals surface area (Å²) in [6, 6.07) is -1.13. The van der Waals surface area contributed by atoms with Crippen LogP contribution in [0.2, 0.25) is 0 Å². The Bertz CT molecular complexity index is 665. The van der Waals surface area contributed by atoms with Crippen molar-refractivity contribution in [1.82, 2.24) is 29.9 Å². The van der Waals surface area contributed by atoms with Gasteiger partial charge < -0.3 is 14.8 Å². The quantitative estimate of drug-likeness (QED) is 0.769. The standard InChI is InChI=1S/C16H24N6O3/c1-3-6-22-15(24)12(18-16(22)25)9-13(23)21-7-4-11(5-8-21)14-19-17-10-20(14)2/h10-12H,3-9H2,1-2H3,(H,18,25)/t12-/m0/s1. The Hall–Kier alpha value is -2.45. The van der Waals surface area contributed by atoms with E-state index in [9.17, 15) is 14.4 Å². The summed E-state index contributed by atoms with van der Waals surface area (Å²) in [6.45, 7) is 3.55. The maximum absolute atomic E-state index is 12.5. The Balaban J connectivity index is 1.52. The van der Waals surface area contributed by atoms with Gasteiger partial charge in [0.1, 0.15) is 18.2 Å². The van der Waals surface area contributed by atoms with Gasteiger partial charge in [0.25, 0.3) is 5.91 Å². The van der Waals surface area contributed by atoms with Gasteiger partial charge >= 0.3 is 6.03 Å². The fourth-order valence-corrected chi connectivity index (χ4v) is 3.50. The number of imide groups is 1. The summed E-state index contributed by atoms with van der Waals surface area (Å²) in [7, 11) is 1.92. The zero-order valence-corrected chi connectivity index (χ0v) is 14.6. The van der Waals surface area contributed by atoms with Crippen LogP contribution in [-0.4, -0.2) is 68.1 Å². The van der Waals surface area contributed by atoms with Gasteiger partial charge in [0.2, 0.25) is 5.91 Å². The minimum atomic E-state index is -0.733. The highest BCUT2D eigenvalue weighted by molar-refractivity contribution is 6.05. The number of aromatic nitrogens is 3. The molecular formula is C16H24N6O3. The molecule has 3 heterocycles. The number of rotatable bonds is 5. The molecule has 1 N–H and O–H groups in total. The van der Waals surface area contributed by atoms with Gasteiger partial charge in [-0.25, -0.2) is 4.79 Å². The second kappa shape index (κ2) is 7.20. The van der Waals surface area contributed by atoms with Crippen molar-refractivity contribution in [3.8, 4) is 0 Å². The van der Waals surface area contributed by atoms with Crippen LogP contribution in [0.4, 0.5) is 4.79 Å². The van der Waals surface area contributed by atoms with E-state index in [0.29, 0.717) is 32.0 Å². The van der Waals surface area contributed by atoms with Crippen LogP contribution >= 0.6 is 0 Å². The first kappa shape index (κ1) is 17.4. The summed E-state index contributed by atoms with van der Waals surface area (Å²) < 4.78 is 1.91. The first-order chi connectivity index (χ1) is 12.0. The molecule has 2 saturated heterocycles. The lowest BCUT2D eigenvalue weighted by Crippen LogP contribution is -2.42. The van der Waals surface area contributed by atoms with Crippen LogP contribution in [0.5, 0.6) is 0 Å². The molecule has 0 spiro atoms. The number of amides is 4. The van der Waals surface area contributed by atoms with Crippen molar-refractivity contribution >= 4 is 17.8 Å². The van der Waals surface area contributed by atoms with E-state index in [0.717, 1.165) is 18.7 Å². The van der Waals surface area contributed by atoms with Crippen molar-refractivity contribution in [3.05, 3.63) is 12.2 Å². The Morgan fingerprint density at radius 1 is 1.32 bits per heavy atom. The normalized spacial score (nSPS) is 21.8. The topological polar surface area (TPSA) is 100 Å². The van der Waals surface area contributed by atoms with Crippen LogP contribution < -0.4 is 5.32 Å². The summed E-state index contributed by atoms with van der Waals surface area (Å²) >= 11 is 0. The maximum atomic E-state index is 12.5. The number of hydrogen-bond acceptors (Lipinski definition) is 5. The van der Waals surface area contributed by atoms with Gasteiger partial charge in [0.15, 0.2) is 0 Å². The average molecular weight is 348 g/mol. The third kappa shape index (κ3) is 3.49. The molecule has 9 nitrogen and oxygen atoms in total. The third-order valence-corrected chi connectivity index (χ3v) is 4.89. The van der Waals surface area contributed by atoms with E-state index >= 15 is 0 Å². The lowest BCUT2D eigenvalue weighted by Gasteiger charge is -2.32. The van der Waals surface area contributed by atoms with Crippen molar-refractivity contribution in [1.29, 1.82) is 0 Å². The predicted molar refractivity (Wildman–Crippen MR) is 88.5 cm³/mol. The van der Waals surface area contributed by atoms with Crippen molar-refractivity contribution in [2.75, 3.05) is 19.6 Å². The molecule has 1 aromatic heterocycles. The van der Waals surface area contributed by atoms with Crippen LogP contribution in [0, 0.1) is 0 Å². The van der Waals surface area contributed by atoms with Crippen molar-refractivity contribution in [2.45, 2.75) is 44.6 Å². The Kier molecular flexibility index (Phi) is 5.00. The maximum Gasteiger partial charge on any atom is 0.324 e. The second-order valence-corrected chi connectivity index (χ2v) is 6.65. The number of carbonyl (C=O) groups excluding carboxylic acids is 3. The van der Waals surface area contributed by atoms with Crippen LogP contribution in [0.15, 0.2) is 6.33 Å². The third-order valence-electron chi connectivity index (χ3n) is 4.89. The Labute approximate surface area is 146 Å². The minimum Gasteiger partial charge on any atom is -0.343 e. The molecular weight excluding hydrogens is 324 g/mol. The lowest BCUT2D eigenvalue weighted by atomic mass is 9.95. The molecule has 25 heavy (non-hydrogen) atoms. The average Bonchev–Trinajstić information content (AvgIpc) is 3.14. The molecule has 0 bridgehead atoms. The first-order valence-electron chi connectivity index (χ1n) is 8.74. The van der Waals surface area contributed by atoms with E-state index in [1.807, 2.05) is 18.5 Å². The molecule has 1 atom stereocenters. The predicted octanol–water partition coefficient (Wildman–Crippen LogP) is 0.242. The fraction of sp³-hybridized carbons (Fsp3) is 0.688. The monoisotopic (exact) mass is 348 g/mol. The van der Waals surface area contributed by atoms with Crippen LogP contribution in [0.25, 0.3) is 0 Å². The first-order valence-corrected chi connectivity index (χ1v) is 8.74. The number of nitrogens with zero attached hydrogens (tertiary/aromatic N) is 5. The van der Waals surface area contributed by atoms with Gasteiger partial charge in [-0.05, 0) is 19.3 Å². The molecule has 2 aliphatic rings. The smallest absolute Gasteiger partial charge is 0.324 e. The SMILES string of the molecule is CCCN1C(=O)N[C@@H](CC(=O)N2CCC(c3nncn3C)CC2)C1=O. The summed E-state index contributed by atoms with van der Waals surface area (Å²) in [4.78, 5) is 39.5. The number of nitrogens with one attached hydrogen (secondary N) is 1. The molecule has 0 aliphatic carbocycles. The molecule has 1 aromatic rings. The molecule has 0 unspecified atom stereocenters.